The van der Waals surface area contributed by atoms with Gasteiger partial charge in [-0.05, 0) is 25.5 Å². The number of aliphatic hydroxyl groups excluding tert-OH is 1. The molecule has 0 saturated heterocycles. The number of aromatic hydroxyl groups is 1. The molecule has 1 aromatic carbocycles. The van der Waals surface area contributed by atoms with Crippen LogP contribution in [0, 0.1) is 0 Å². The van der Waals surface area contributed by atoms with E-state index in [1.165, 1.54) is 6.07 Å². The molecule has 0 fully saturated rings. The van der Waals surface area contributed by atoms with E-state index < -0.39 is 6.10 Å². The van der Waals surface area contributed by atoms with Crippen LogP contribution in [-0.4, -0.2) is 35.6 Å². The van der Waals surface area contributed by atoms with E-state index >= 15 is 0 Å². The largest absolute Gasteiger partial charge is 0.508 e. The highest BCUT2D eigenvalue weighted by Gasteiger charge is 2.08. The quantitative estimate of drug-likeness (QED) is 0.747. The third-order valence-corrected chi connectivity index (χ3v) is 2.53. The van der Waals surface area contributed by atoms with Crippen molar-refractivity contribution in [3.05, 3.63) is 24.3 Å². The van der Waals surface area contributed by atoms with Gasteiger partial charge in [-0.15, -0.1) is 0 Å². The van der Waals surface area contributed by atoms with Crippen molar-refractivity contribution in [2.24, 2.45) is 0 Å². The molecule has 2 unspecified atom stereocenters. The van der Waals surface area contributed by atoms with Crippen LogP contribution in [0.2, 0.25) is 0 Å². The fraction of sp³-hybridized carbons (Fsp3) is 0.571. The van der Waals surface area contributed by atoms with Gasteiger partial charge in [0.1, 0.15) is 24.2 Å². The first-order chi connectivity index (χ1) is 8.61. The number of phenolic OH excluding ortho intramolecular Hbond substituents is 1. The first-order valence-corrected chi connectivity index (χ1v) is 6.33. The Morgan fingerprint density at radius 1 is 1.28 bits per heavy atom. The maximum Gasteiger partial charge on any atom is 0.123 e. The van der Waals surface area contributed by atoms with E-state index in [2.05, 4.69) is 6.92 Å². The van der Waals surface area contributed by atoms with E-state index in [-0.39, 0.29) is 25.1 Å². The number of hydrogen-bond donors (Lipinski definition) is 2. The van der Waals surface area contributed by atoms with Crippen molar-refractivity contribution in [1.82, 2.24) is 0 Å². The van der Waals surface area contributed by atoms with E-state index in [0.717, 1.165) is 12.8 Å². The van der Waals surface area contributed by atoms with Gasteiger partial charge in [0.25, 0.3) is 0 Å². The molecular weight excluding hydrogens is 232 g/mol. The summed E-state index contributed by atoms with van der Waals surface area (Å²) in [6.45, 7) is 4.51. The number of hydrogen-bond acceptors (Lipinski definition) is 4. The normalized spacial score (nSPS) is 14.2. The minimum Gasteiger partial charge on any atom is -0.508 e. The molecule has 0 aromatic heterocycles. The first-order valence-electron chi connectivity index (χ1n) is 6.33. The molecule has 2 atom stereocenters. The Bertz CT molecular complexity index is 340. The first kappa shape index (κ1) is 14.8. The van der Waals surface area contributed by atoms with E-state index in [1.807, 2.05) is 6.92 Å². The summed E-state index contributed by atoms with van der Waals surface area (Å²) in [6.07, 6.45) is 1.55. The van der Waals surface area contributed by atoms with Gasteiger partial charge < -0.3 is 19.7 Å². The van der Waals surface area contributed by atoms with Crippen LogP contribution in [0.5, 0.6) is 11.5 Å². The van der Waals surface area contributed by atoms with Crippen LogP contribution < -0.4 is 4.74 Å². The third-order valence-electron chi connectivity index (χ3n) is 2.53. The van der Waals surface area contributed by atoms with E-state index in [1.54, 1.807) is 18.2 Å². The summed E-state index contributed by atoms with van der Waals surface area (Å²) in [5, 5.41) is 18.9. The lowest BCUT2D eigenvalue weighted by Crippen LogP contribution is -2.25. The summed E-state index contributed by atoms with van der Waals surface area (Å²) in [4.78, 5) is 0. The van der Waals surface area contributed by atoms with Gasteiger partial charge in [-0.1, -0.05) is 19.4 Å². The molecule has 4 nitrogen and oxygen atoms in total. The highest BCUT2D eigenvalue weighted by Crippen LogP contribution is 2.17. The fourth-order valence-electron chi connectivity index (χ4n) is 1.58. The Kier molecular flexibility index (Phi) is 6.54. The van der Waals surface area contributed by atoms with Crippen molar-refractivity contribution in [2.75, 3.05) is 13.2 Å². The summed E-state index contributed by atoms with van der Waals surface area (Å²) >= 11 is 0. The predicted octanol–water partition coefficient (Wildman–Crippen LogP) is 2.34. The number of phenols is 1. The average molecular weight is 254 g/mol. The highest BCUT2D eigenvalue weighted by atomic mass is 16.5. The SMILES string of the molecule is CCCC(C)OCC(O)COc1cccc(O)c1. The minimum atomic E-state index is -0.661. The fourth-order valence-corrected chi connectivity index (χ4v) is 1.58. The van der Waals surface area contributed by atoms with Crippen molar-refractivity contribution < 1.29 is 19.7 Å². The van der Waals surface area contributed by atoms with Gasteiger partial charge in [0, 0.05) is 6.07 Å². The summed E-state index contributed by atoms with van der Waals surface area (Å²) in [5.74, 6) is 0.686. The van der Waals surface area contributed by atoms with Crippen molar-refractivity contribution in [1.29, 1.82) is 0 Å². The summed E-state index contributed by atoms with van der Waals surface area (Å²) in [5.41, 5.74) is 0. The monoisotopic (exact) mass is 254 g/mol. The second-order valence-electron chi connectivity index (χ2n) is 4.39. The maximum atomic E-state index is 9.68. The molecule has 0 radical (unpaired) electrons. The molecule has 0 amide bonds. The second-order valence-corrected chi connectivity index (χ2v) is 4.39. The number of benzene rings is 1. The molecule has 0 aliphatic carbocycles. The van der Waals surface area contributed by atoms with Gasteiger partial charge in [-0.25, -0.2) is 0 Å². The van der Waals surface area contributed by atoms with E-state index in [0.29, 0.717) is 5.75 Å². The molecule has 0 saturated carbocycles. The molecular formula is C14H22O4. The molecule has 0 aliphatic heterocycles. The Morgan fingerprint density at radius 2 is 2.06 bits per heavy atom. The molecule has 0 spiro atoms. The minimum absolute atomic E-state index is 0.148. The van der Waals surface area contributed by atoms with Gasteiger partial charge in [0.2, 0.25) is 0 Å². The van der Waals surface area contributed by atoms with E-state index in [4.69, 9.17) is 9.47 Å². The van der Waals surface area contributed by atoms with Crippen LogP contribution in [0.4, 0.5) is 0 Å². The zero-order valence-corrected chi connectivity index (χ0v) is 11.0. The zero-order valence-electron chi connectivity index (χ0n) is 11.0. The molecule has 4 heteroatoms. The van der Waals surface area contributed by atoms with Crippen molar-refractivity contribution in [2.45, 2.75) is 38.9 Å². The zero-order chi connectivity index (χ0) is 13.4. The summed E-state index contributed by atoms with van der Waals surface area (Å²) in [6, 6.07) is 6.50. The average Bonchev–Trinajstić information content (AvgIpc) is 2.34. The predicted molar refractivity (Wildman–Crippen MR) is 69.9 cm³/mol. The van der Waals surface area contributed by atoms with Crippen LogP contribution in [0.3, 0.4) is 0 Å². The van der Waals surface area contributed by atoms with Crippen LogP contribution in [-0.2, 0) is 4.74 Å². The summed E-state index contributed by atoms with van der Waals surface area (Å²) < 4.78 is 10.8. The molecule has 0 heterocycles. The Morgan fingerprint density at radius 3 is 2.72 bits per heavy atom. The molecule has 18 heavy (non-hydrogen) atoms. The van der Waals surface area contributed by atoms with E-state index in [9.17, 15) is 10.2 Å². The lowest BCUT2D eigenvalue weighted by Gasteiger charge is -2.16. The molecule has 1 aromatic rings. The van der Waals surface area contributed by atoms with Crippen LogP contribution >= 0.6 is 0 Å². The lowest BCUT2D eigenvalue weighted by molar-refractivity contribution is -0.0209. The molecule has 0 aliphatic rings. The second kappa shape index (κ2) is 7.95. The lowest BCUT2D eigenvalue weighted by atomic mass is 10.2. The number of rotatable bonds is 8. The van der Waals surface area contributed by atoms with Crippen LogP contribution in [0.15, 0.2) is 24.3 Å². The van der Waals surface area contributed by atoms with Crippen molar-refractivity contribution in [3.63, 3.8) is 0 Å². The highest BCUT2D eigenvalue weighted by molar-refractivity contribution is 5.31. The topological polar surface area (TPSA) is 58.9 Å². The van der Waals surface area contributed by atoms with Gasteiger partial charge in [-0.3, -0.25) is 0 Å². The molecule has 102 valence electrons. The van der Waals surface area contributed by atoms with Gasteiger partial charge in [0.05, 0.1) is 12.7 Å². The van der Waals surface area contributed by atoms with Crippen molar-refractivity contribution in [3.8, 4) is 11.5 Å². The van der Waals surface area contributed by atoms with Gasteiger partial charge in [0.15, 0.2) is 0 Å². The summed E-state index contributed by atoms with van der Waals surface area (Å²) in [7, 11) is 0. The number of ether oxygens (including phenoxy) is 2. The molecule has 0 bridgehead atoms. The number of aliphatic hydroxyl groups is 1. The van der Waals surface area contributed by atoms with Gasteiger partial charge >= 0.3 is 0 Å². The maximum absolute atomic E-state index is 9.68. The Labute approximate surface area is 108 Å². The molecule has 2 N–H and O–H groups in total. The van der Waals surface area contributed by atoms with Crippen LogP contribution in [0.25, 0.3) is 0 Å². The van der Waals surface area contributed by atoms with Gasteiger partial charge in [-0.2, -0.15) is 0 Å². The van der Waals surface area contributed by atoms with Crippen LogP contribution in [0.1, 0.15) is 26.7 Å². The Hall–Kier alpha value is -1.26. The Balaban J connectivity index is 2.22. The van der Waals surface area contributed by atoms with Crippen molar-refractivity contribution >= 4 is 0 Å². The molecule has 1 rings (SSSR count). The smallest absolute Gasteiger partial charge is 0.123 e. The standard InChI is InChI=1S/C14H22O4/c1-3-5-11(2)17-9-13(16)10-18-14-7-4-6-12(15)8-14/h4,6-8,11,13,15-16H,3,5,9-10H2,1-2H3. The third kappa shape index (κ3) is 5.89.